The van der Waals surface area contributed by atoms with Crippen molar-refractivity contribution < 1.29 is 23.5 Å². The van der Waals surface area contributed by atoms with Gasteiger partial charge in [0.15, 0.2) is 13.4 Å². The van der Waals surface area contributed by atoms with Crippen LogP contribution in [-0.4, -0.2) is 66.9 Å². The Bertz CT molecular complexity index is 723. The van der Waals surface area contributed by atoms with Crippen LogP contribution in [0.25, 0.3) is 0 Å². The van der Waals surface area contributed by atoms with Crippen molar-refractivity contribution in [2.45, 2.75) is 88.5 Å². The second kappa shape index (κ2) is 10.7. The second-order valence-electron chi connectivity index (χ2n) is 9.21. The quantitative estimate of drug-likeness (QED) is 0.288. The molecule has 0 aliphatic carbocycles. The van der Waals surface area contributed by atoms with E-state index in [2.05, 4.69) is 32.7 Å². The first-order valence-corrected chi connectivity index (χ1v) is 15.4. The van der Waals surface area contributed by atoms with Crippen LogP contribution in [0.1, 0.15) is 47.0 Å². The van der Waals surface area contributed by atoms with E-state index in [9.17, 15) is 14.4 Å². The van der Waals surface area contributed by atoms with E-state index in [1.54, 1.807) is 11.0 Å². The maximum Gasteiger partial charge on any atom is 0.410 e. The fraction of sp³-hybridized carbons (Fsp3) is 0.783. The molecule has 180 valence electrons. The van der Waals surface area contributed by atoms with Gasteiger partial charge in [0.05, 0.1) is 24.0 Å². The van der Waals surface area contributed by atoms with Crippen LogP contribution in [0.5, 0.6) is 0 Å². The molecule has 3 heterocycles. The molecule has 7 nitrogen and oxygen atoms in total. The number of rotatable bonds is 10. The molecule has 3 aliphatic heterocycles. The van der Waals surface area contributed by atoms with Crippen LogP contribution in [0.2, 0.25) is 18.1 Å². The minimum atomic E-state index is -1.84. The third-order valence-corrected chi connectivity index (χ3v) is 13.7. The van der Waals surface area contributed by atoms with Gasteiger partial charge < -0.3 is 19.4 Å². The SMILES string of the molecule is C=CCOC(=O)N1CCC[C@H]1C1C[C@@H]([C@H]2NC(=O)[C@@H]2[C@@H](C)O[Si](CC)(CC)CC)C(=O)S1. The Morgan fingerprint density at radius 1 is 1.31 bits per heavy atom. The molecule has 0 aromatic heterocycles. The highest BCUT2D eigenvalue weighted by Crippen LogP contribution is 2.45. The van der Waals surface area contributed by atoms with E-state index >= 15 is 0 Å². The summed E-state index contributed by atoms with van der Waals surface area (Å²) in [6, 6.07) is 2.91. The van der Waals surface area contributed by atoms with Crippen LogP contribution < -0.4 is 5.32 Å². The normalized spacial score (nSPS) is 31.2. The molecule has 1 unspecified atom stereocenters. The van der Waals surface area contributed by atoms with Gasteiger partial charge in [-0.1, -0.05) is 45.2 Å². The Morgan fingerprint density at radius 2 is 2.00 bits per heavy atom. The topological polar surface area (TPSA) is 84.9 Å². The lowest BCUT2D eigenvalue weighted by Crippen LogP contribution is -2.66. The molecule has 0 bridgehead atoms. The van der Waals surface area contributed by atoms with Gasteiger partial charge in [-0.05, 0) is 44.3 Å². The highest BCUT2D eigenvalue weighted by atomic mass is 32.2. The lowest BCUT2D eigenvalue weighted by Gasteiger charge is -2.45. The maximum absolute atomic E-state index is 13.0. The summed E-state index contributed by atoms with van der Waals surface area (Å²) in [5, 5.41) is 3.16. The standard InChI is InChI=1S/C23H38N2O5SSi/c1-6-13-29-23(28)25-12-10-11-17(25)18-14-16(22(27)31-18)20-19(21(26)24-20)15(5)30-32(7-2,8-3)9-4/h6,15-20H,1,7-14H2,2-5H3,(H,24,26)/t15-,16+,17+,18?,19-,20-/m1/s1. The van der Waals surface area contributed by atoms with E-state index in [0.29, 0.717) is 13.0 Å². The van der Waals surface area contributed by atoms with Crippen molar-refractivity contribution in [3.8, 4) is 0 Å². The lowest BCUT2D eigenvalue weighted by atomic mass is 9.76. The summed E-state index contributed by atoms with van der Waals surface area (Å²) in [5.74, 6) is -0.520. The Hall–Kier alpha value is -1.32. The maximum atomic E-state index is 13.0. The average molecular weight is 483 g/mol. The molecule has 1 N–H and O–H groups in total. The van der Waals surface area contributed by atoms with Gasteiger partial charge in [0.25, 0.3) is 0 Å². The summed E-state index contributed by atoms with van der Waals surface area (Å²) in [5.41, 5.74) is 0. The molecule has 3 rings (SSSR count). The van der Waals surface area contributed by atoms with Crippen LogP contribution in [-0.2, 0) is 18.8 Å². The monoisotopic (exact) mass is 482 g/mol. The van der Waals surface area contributed by atoms with Gasteiger partial charge in [0.1, 0.15) is 6.61 Å². The molecule has 3 aliphatic rings. The number of thioether (sulfide) groups is 1. The molecule has 2 amide bonds. The van der Waals surface area contributed by atoms with Crippen LogP contribution in [0.3, 0.4) is 0 Å². The van der Waals surface area contributed by atoms with Crippen molar-refractivity contribution in [3.05, 3.63) is 12.7 Å². The van der Waals surface area contributed by atoms with Crippen molar-refractivity contribution in [1.82, 2.24) is 10.2 Å². The minimum Gasteiger partial charge on any atom is -0.445 e. The second-order valence-corrected chi connectivity index (χ2v) is 15.2. The van der Waals surface area contributed by atoms with Crippen LogP contribution >= 0.6 is 11.8 Å². The summed E-state index contributed by atoms with van der Waals surface area (Å²) >= 11 is 1.34. The summed E-state index contributed by atoms with van der Waals surface area (Å²) < 4.78 is 11.8. The van der Waals surface area contributed by atoms with E-state index in [1.807, 2.05) is 6.92 Å². The van der Waals surface area contributed by atoms with E-state index < -0.39 is 8.32 Å². The van der Waals surface area contributed by atoms with Gasteiger partial charge in [-0.25, -0.2) is 4.79 Å². The van der Waals surface area contributed by atoms with E-state index in [-0.39, 0.29) is 59.0 Å². The van der Waals surface area contributed by atoms with Crippen molar-refractivity contribution in [3.63, 3.8) is 0 Å². The van der Waals surface area contributed by atoms with Crippen LogP contribution in [0, 0.1) is 11.8 Å². The third-order valence-electron chi connectivity index (χ3n) is 7.65. The molecule has 0 saturated carbocycles. The smallest absolute Gasteiger partial charge is 0.410 e. The fourth-order valence-electron chi connectivity index (χ4n) is 5.52. The zero-order chi connectivity index (χ0) is 23.5. The molecule has 3 fully saturated rings. The average Bonchev–Trinajstić information content (AvgIpc) is 3.40. The van der Waals surface area contributed by atoms with Crippen molar-refractivity contribution in [2.75, 3.05) is 13.2 Å². The molecular weight excluding hydrogens is 444 g/mol. The van der Waals surface area contributed by atoms with Gasteiger partial charge in [-0.2, -0.15) is 0 Å². The van der Waals surface area contributed by atoms with Gasteiger partial charge >= 0.3 is 6.09 Å². The molecule has 0 aromatic rings. The number of amides is 2. The molecule has 32 heavy (non-hydrogen) atoms. The number of nitrogens with one attached hydrogen (secondary N) is 1. The predicted octanol–water partition coefficient (Wildman–Crippen LogP) is 3.95. The number of hydrogen-bond donors (Lipinski definition) is 1. The zero-order valence-electron chi connectivity index (χ0n) is 19.8. The van der Waals surface area contributed by atoms with Crippen LogP contribution in [0.4, 0.5) is 4.79 Å². The largest absolute Gasteiger partial charge is 0.445 e. The van der Waals surface area contributed by atoms with Gasteiger partial charge in [0.2, 0.25) is 5.91 Å². The number of β-lactam (4-membered cyclic amide) rings is 1. The van der Waals surface area contributed by atoms with E-state index in [1.165, 1.54) is 11.8 Å². The number of carbonyl (C=O) groups excluding carboxylic acids is 3. The van der Waals surface area contributed by atoms with Gasteiger partial charge in [-0.3, -0.25) is 9.59 Å². The Kier molecular flexibility index (Phi) is 8.49. The van der Waals surface area contributed by atoms with Crippen molar-refractivity contribution in [1.29, 1.82) is 0 Å². The molecule has 6 atom stereocenters. The highest BCUT2D eigenvalue weighted by molar-refractivity contribution is 8.14. The van der Waals surface area contributed by atoms with Gasteiger partial charge in [-0.15, -0.1) is 0 Å². The van der Waals surface area contributed by atoms with Crippen molar-refractivity contribution in [2.24, 2.45) is 11.8 Å². The van der Waals surface area contributed by atoms with Gasteiger partial charge in [0, 0.05) is 17.8 Å². The van der Waals surface area contributed by atoms with Crippen LogP contribution in [0.15, 0.2) is 12.7 Å². The molecule has 0 aromatic carbocycles. The summed E-state index contributed by atoms with van der Waals surface area (Å²) in [6.45, 7) is 13.0. The predicted molar refractivity (Wildman–Crippen MR) is 129 cm³/mol. The summed E-state index contributed by atoms with van der Waals surface area (Å²) in [7, 11) is -1.84. The summed E-state index contributed by atoms with van der Waals surface area (Å²) in [6.07, 6.45) is 3.50. The molecule has 3 saturated heterocycles. The Balaban J connectivity index is 1.66. The first-order valence-electron chi connectivity index (χ1n) is 12.0. The van der Waals surface area contributed by atoms with E-state index in [0.717, 1.165) is 31.0 Å². The zero-order valence-corrected chi connectivity index (χ0v) is 21.6. The van der Waals surface area contributed by atoms with E-state index in [4.69, 9.17) is 9.16 Å². The Morgan fingerprint density at radius 3 is 2.59 bits per heavy atom. The highest BCUT2D eigenvalue weighted by Gasteiger charge is 2.54. The van der Waals surface area contributed by atoms with Crippen molar-refractivity contribution >= 4 is 37.2 Å². The molecule has 0 spiro atoms. The number of nitrogens with zero attached hydrogens (tertiary/aromatic N) is 1. The third kappa shape index (κ3) is 4.94. The summed E-state index contributed by atoms with van der Waals surface area (Å²) in [4.78, 5) is 39.7. The number of likely N-dealkylation sites (tertiary alicyclic amines) is 1. The number of ether oxygens (including phenoxy) is 1. The Labute approximate surface area is 197 Å². The number of hydrogen-bond acceptors (Lipinski definition) is 6. The molecular formula is C23H38N2O5SSi. The molecule has 0 radical (unpaired) electrons. The lowest BCUT2D eigenvalue weighted by molar-refractivity contribution is -0.143. The molecule has 9 heteroatoms. The first kappa shape index (κ1) is 25.3. The minimum absolute atomic E-state index is 0.00509. The fourth-order valence-corrected chi connectivity index (χ4v) is 9.91. The first-order chi connectivity index (χ1) is 15.3. The number of carbonyl (C=O) groups is 3.